The zero-order valence-electron chi connectivity index (χ0n) is 17.2. The minimum absolute atomic E-state index is 0.0775. The number of unbranched alkanes of at least 4 members (excludes halogenated alkanes) is 10. The molecule has 2 nitrogen and oxygen atoms in total. The molecule has 0 aliphatic carbocycles. The third kappa shape index (κ3) is 20.9. The van der Waals surface area contributed by atoms with Crippen LogP contribution in [0.25, 0.3) is 0 Å². The van der Waals surface area contributed by atoms with Crippen molar-refractivity contribution in [3.8, 4) is 11.5 Å². The molecule has 0 spiro atoms. The van der Waals surface area contributed by atoms with Crippen LogP contribution in [-0.4, -0.2) is 21.2 Å². The van der Waals surface area contributed by atoms with Gasteiger partial charge in [-0.15, -0.1) is 11.5 Å². The number of esters is 1. The molecule has 0 aromatic rings. The van der Waals surface area contributed by atoms with E-state index in [1.165, 1.54) is 64.9 Å². The van der Waals surface area contributed by atoms with Crippen LogP contribution in [0.3, 0.4) is 0 Å². The Balaban J connectivity index is 3.25. The maximum atomic E-state index is 11.0. The molecule has 144 valence electrons. The molecule has 0 amide bonds. The molecule has 0 aliphatic heterocycles. The van der Waals surface area contributed by atoms with Crippen LogP contribution in [-0.2, 0) is 9.53 Å². The van der Waals surface area contributed by atoms with Crippen molar-refractivity contribution in [2.45, 2.75) is 103 Å². The highest BCUT2D eigenvalue weighted by atomic mass is 28.3. The Kier molecular flexibility index (Phi) is 15.8. The van der Waals surface area contributed by atoms with E-state index >= 15 is 0 Å². The molecule has 0 atom stereocenters. The minimum atomic E-state index is -1.16. The Labute approximate surface area is 157 Å². The van der Waals surface area contributed by atoms with Crippen molar-refractivity contribution in [2.75, 3.05) is 7.11 Å². The third-order valence-corrected chi connectivity index (χ3v) is 4.96. The number of rotatable bonds is 14. The molecular formula is C22H40O2Si. The summed E-state index contributed by atoms with van der Waals surface area (Å²) in [4.78, 5) is 11.0. The maximum absolute atomic E-state index is 11.0. The van der Waals surface area contributed by atoms with E-state index in [9.17, 15) is 4.79 Å². The van der Waals surface area contributed by atoms with Gasteiger partial charge in [0.15, 0.2) is 0 Å². The highest BCUT2D eigenvalue weighted by Gasteiger charge is 2.06. The van der Waals surface area contributed by atoms with Crippen LogP contribution < -0.4 is 0 Å². The van der Waals surface area contributed by atoms with Crippen molar-refractivity contribution in [3.63, 3.8) is 0 Å². The molecule has 0 fully saturated rings. The lowest BCUT2D eigenvalue weighted by molar-refractivity contribution is -0.140. The van der Waals surface area contributed by atoms with Gasteiger partial charge in [0.1, 0.15) is 8.07 Å². The van der Waals surface area contributed by atoms with Crippen molar-refractivity contribution < 1.29 is 9.53 Å². The molecule has 0 N–H and O–H groups in total. The number of hydrogen-bond acceptors (Lipinski definition) is 2. The van der Waals surface area contributed by atoms with E-state index in [-0.39, 0.29) is 5.97 Å². The largest absolute Gasteiger partial charge is 0.469 e. The predicted molar refractivity (Wildman–Crippen MR) is 112 cm³/mol. The van der Waals surface area contributed by atoms with E-state index in [2.05, 4.69) is 48.0 Å². The lowest BCUT2D eigenvalue weighted by Gasteiger charge is -2.03. The van der Waals surface area contributed by atoms with Gasteiger partial charge in [0, 0.05) is 12.8 Å². The molecule has 0 saturated heterocycles. The van der Waals surface area contributed by atoms with Crippen LogP contribution >= 0.6 is 0 Å². The number of carbonyl (C=O) groups excluding carboxylic acids is 1. The van der Waals surface area contributed by atoms with E-state index in [0.29, 0.717) is 6.42 Å². The van der Waals surface area contributed by atoms with Crippen LogP contribution in [0.15, 0.2) is 12.2 Å². The van der Waals surface area contributed by atoms with Gasteiger partial charge in [-0.2, -0.15) is 0 Å². The van der Waals surface area contributed by atoms with Gasteiger partial charge >= 0.3 is 5.97 Å². The van der Waals surface area contributed by atoms with Gasteiger partial charge < -0.3 is 4.74 Å². The second kappa shape index (κ2) is 16.5. The van der Waals surface area contributed by atoms with E-state index < -0.39 is 8.07 Å². The SMILES string of the molecule is COC(=O)CCCCCCCCC/C=C/CCCCC#C[Si](C)(C)C. The van der Waals surface area contributed by atoms with Crippen LogP contribution in [0.1, 0.15) is 83.5 Å². The first-order valence-corrected chi connectivity index (χ1v) is 13.7. The highest BCUT2D eigenvalue weighted by molar-refractivity contribution is 6.83. The van der Waals surface area contributed by atoms with Gasteiger partial charge in [-0.25, -0.2) is 0 Å². The summed E-state index contributed by atoms with van der Waals surface area (Å²) in [7, 11) is 0.295. The molecule has 0 saturated carbocycles. The first-order chi connectivity index (χ1) is 12.0. The minimum Gasteiger partial charge on any atom is -0.469 e. The number of hydrogen-bond donors (Lipinski definition) is 0. The predicted octanol–water partition coefficient (Wildman–Crippen LogP) is 6.67. The monoisotopic (exact) mass is 364 g/mol. The van der Waals surface area contributed by atoms with E-state index in [0.717, 1.165) is 19.3 Å². The molecule has 0 aromatic carbocycles. The van der Waals surface area contributed by atoms with Crippen LogP contribution in [0, 0.1) is 11.5 Å². The summed E-state index contributed by atoms with van der Waals surface area (Å²) in [5, 5.41) is 0. The van der Waals surface area contributed by atoms with Gasteiger partial charge in [0.25, 0.3) is 0 Å². The molecule has 0 aromatic heterocycles. The fourth-order valence-electron chi connectivity index (χ4n) is 2.56. The van der Waals surface area contributed by atoms with Gasteiger partial charge in [0.05, 0.1) is 7.11 Å². The Morgan fingerprint density at radius 3 is 1.92 bits per heavy atom. The molecule has 0 rings (SSSR count). The average Bonchev–Trinajstić information content (AvgIpc) is 2.56. The van der Waals surface area contributed by atoms with Gasteiger partial charge in [-0.1, -0.05) is 63.9 Å². The van der Waals surface area contributed by atoms with Crippen molar-refractivity contribution in [1.29, 1.82) is 0 Å². The number of carbonyl (C=O) groups is 1. The normalized spacial score (nSPS) is 11.4. The fraction of sp³-hybridized carbons (Fsp3) is 0.773. The Morgan fingerprint density at radius 2 is 1.36 bits per heavy atom. The van der Waals surface area contributed by atoms with Crippen LogP contribution in [0.5, 0.6) is 0 Å². The maximum Gasteiger partial charge on any atom is 0.305 e. The van der Waals surface area contributed by atoms with E-state index in [4.69, 9.17) is 0 Å². The quantitative estimate of drug-likeness (QED) is 0.113. The molecule has 3 heteroatoms. The fourth-order valence-corrected chi connectivity index (χ4v) is 3.21. The zero-order valence-corrected chi connectivity index (χ0v) is 18.2. The van der Waals surface area contributed by atoms with Crippen molar-refractivity contribution in [2.24, 2.45) is 0 Å². The standard InChI is InChI=1S/C22H40O2Si/c1-24-22(23)20-18-16-14-12-10-8-6-5-7-9-11-13-15-17-19-21-25(2,3)4/h7,9H,5-6,8,10-18,20H2,1-4H3/b9-7+. The average molecular weight is 365 g/mol. The summed E-state index contributed by atoms with van der Waals surface area (Å²) < 4.78 is 4.64. The third-order valence-electron chi connectivity index (χ3n) is 4.03. The number of methoxy groups -OCH3 is 1. The topological polar surface area (TPSA) is 26.3 Å². The molecule has 25 heavy (non-hydrogen) atoms. The smallest absolute Gasteiger partial charge is 0.305 e. The Bertz CT molecular complexity index is 410. The summed E-state index contributed by atoms with van der Waals surface area (Å²) in [5.41, 5.74) is 3.43. The Morgan fingerprint density at radius 1 is 0.840 bits per heavy atom. The van der Waals surface area contributed by atoms with Crippen molar-refractivity contribution >= 4 is 14.0 Å². The summed E-state index contributed by atoms with van der Waals surface area (Å²) in [6, 6.07) is 0. The summed E-state index contributed by atoms with van der Waals surface area (Å²) in [6.45, 7) is 6.90. The second-order valence-electron chi connectivity index (χ2n) is 7.86. The number of ether oxygens (including phenoxy) is 1. The van der Waals surface area contributed by atoms with Gasteiger partial charge in [-0.3, -0.25) is 4.79 Å². The van der Waals surface area contributed by atoms with Gasteiger partial charge in [-0.05, 0) is 38.5 Å². The summed E-state index contributed by atoms with van der Waals surface area (Å²) >= 11 is 0. The van der Waals surface area contributed by atoms with Crippen molar-refractivity contribution in [3.05, 3.63) is 12.2 Å². The molecule has 0 heterocycles. The van der Waals surface area contributed by atoms with E-state index in [1.807, 2.05) is 0 Å². The number of allylic oxidation sites excluding steroid dienone is 2. The molecule has 0 aliphatic rings. The zero-order chi connectivity index (χ0) is 18.8. The second-order valence-corrected chi connectivity index (χ2v) is 12.6. The molecule has 0 radical (unpaired) electrons. The lowest BCUT2D eigenvalue weighted by atomic mass is 10.1. The van der Waals surface area contributed by atoms with Crippen LogP contribution in [0.2, 0.25) is 19.6 Å². The summed E-state index contributed by atoms with van der Waals surface area (Å²) in [6.07, 6.45) is 19.9. The first kappa shape index (κ1) is 24.0. The van der Waals surface area contributed by atoms with Gasteiger partial charge in [0.2, 0.25) is 0 Å². The Hall–Kier alpha value is -1.01. The molecular weight excluding hydrogens is 324 g/mol. The molecule has 0 unspecified atom stereocenters. The highest BCUT2D eigenvalue weighted by Crippen LogP contribution is 2.10. The lowest BCUT2D eigenvalue weighted by Crippen LogP contribution is -2.16. The van der Waals surface area contributed by atoms with Crippen LogP contribution in [0.4, 0.5) is 0 Å². The molecule has 0 bridgehead atoms. The first-order valence-electron chi connectivity index (χ1n) is 10.2. The summed E-state index contributed by atoms with van der Waals surface area (Å²) in [5.74, 6) is 3.26. The van der Waals surface area contributed by atoms with E-state index in [1.54, 1.807) is 0 Å². The van der Waals surface area contributed by atoms with Crippen molar-refractivity contribution in [1.82, 2.24) is 0 Å².